The van der Waals surface area contributed by atoms with Crippen molar-refractivity contribution in [2.24, 2.45) is 0 Å². The van der Waals surface area contributed by atoms with Gasteiger partial charge in [0.15, 0.2) is 0 Å². The van der Waals surface area contributed by atoms with E-state index in [1.54, 1.807) is 0 Å². The van der Waals surface area contributed by atoms with E-state index >= 15 is 0 Å². The predicted octanol–water partition coefficient (Wildman–Crippen LogP) is 3.32. The van der Waals surface area contributed by atoms with Crippen molar-refractivity contribution in [3.63, 3.8) is 0 Å². The highest BCUT2D eigenvalue weighted by atomic mass is 35.5. The summed E-state index contributed by atoms with van der Waals surface area (Å²) in [4.78, 5) is 0. The smallest absolute Gasteiger partial charge is 0.0417 e. The molecule has 0 saturated heterocycles. The molecule has 2 rings (SSSR count). The Morgan fingerprint density at radius 1 is 1.53 bits per heavy atom. The molecule has 1 unspecified atom stereocenters. The van der Waals surface area contributed by atoms with Crippen LogP contribution in [-0.2, 0) is 5.75 Å². The lowest BCUT2D eigenvalue weighted by molar-refractivity contribution is 0.614. The van der Waals surface area contributed by atoms with E-state index in [9.17, 15) is 0 Å². The van der Waals surface area contributed by atoms with Gasteiger partial charge in [-0.15, -0.1) is 0 Å². The molecule has 0 bridgehead atoms. The minimum Gasteiger partial charge on any atom is -0.304 e. The molecule has 1 aliphatic heterocycles. The largest absolute Gasteiger partial charge is 0.304 e. The molecule has 1 aromatic carbocycles. The first-order valence-electron chi connectivity index (χ1n) is 4.99. The Morgan fingerprint density at radius 2 is 2.33 bits per heavy atom. The van der Waals surface area contributed by atoms with Crippen LogP contribution in [0.4, 0.5) is 0 Å². The molecule has 1 N–H and O–H groups in total. The first-order chi connectivity index (χ1) is 7.27. The van der Waals surface area contributed by atoms with E-state index in [0.29, 0.717) is 17.6 Å². The molecule has 1 heterocycles. The van der Waals surface area contributed by atoms with Gasteiger partial charge in [-0.2, -0.15) is 11.8 Å². The van der Waals surface area contributed by atoms with Crippen LogP contribution < -0.4 is 5.32 Å². The quantitative estimate of drug-likeness (QED) is 0.869. The van der Waals surface area contributed by atoms with Crippen LogP contribution in [-0.4, -0.2) is 12.3 Å². The Morgan fingerprint density at radius 3 is 3.13 bits per heavy atom. The number of thioether (sulfide) groups is 1. The standard InChI is InChI=1S/C12H14ClNS/c1-9(13)6-14-12-8-15-7-10-4-2-3-5-11(10)12/h2-5,12,14H,1,6-8H2. The molecule has 1 atom stereocenters. The Labute approximate surface area is 99.9 Å². The van der Waals surface area contributed by atoms with Crippen LogP contribution in [0.15, 0.2) is 35.9 Å². The molecule has 1 aromatic rings. The van der Waals surface area contributed by atoms with Crippen molar-refractivity contribution in [1.29, 1.82) is 0 Å². The van der Waals surface area contributed by atoms with Gasteiger partial charge in [0, 0.05) is 29.1 Å². The van der Waals surface area contributed by atoms with Crippen molar-refractivity contribution >= 4 is 23.4 Å². The second-order valence-electron chi connectivity index (χ2n) is 3.66. The number of hydrogen-bond donors (Lipinski definition) is 1. The number of rotatable bonds is 3. The fourth-order valence-corrected chi connectivity index (χ4v) is 3.00. The van der Waals surface area contributed by atoms with Gasteiger partial charge in [-0.05, 0) is 11.1 Å². The summed E-state index contributed by atoms with van der Waals surface area (Å²) in [6.45, 7) is 4.37. The molecule has 0 fully saturated rings. The first-order valence-corrected chi connectivity index (χ1v) is 6.53. The van der Waals surface area contributed by atoms with Crippen LogP contribution in [0, 0.1) is 0 Å². The monoisotopic (exact) mass is 239 g/mol. The number of hydrogen-bond acceptors (Lipinski definition) is 2. The highest BCUT2D eigenvalue weighted by molar-refractivity contribution is 7.98. The lowest BCUT2D eigenvalue weighted by Gasteiger charge is -2.25. The van der Waals surface area contributed by atoms with Crippen LogP contribution in [0.25, 0.3) is 0 Å². The molecule has 0 spiro atoms. The molecule has 0 radical (unpaired) electrons. The molecule has 0 aliphatic carbocycles. The molecular weight excluding hydrogens is 226 g/mol. The van der Waals surface area contributed by atoms with Crippen molar-refractivity contribution in [3.05, 3.63) is 47.0 Å². The van der Waals surface area contributed by atoms with E-state index < -0.39 is 0 Å². The second kappa shape index (κ2) is 5.06. The van der Waals surface area contributed by atoms with Crippen LogP contribution >= 0.6 is 23.4 Å². The zero-order valence-electron chi connectivity index (χ0n) is 8.50. The molecule has 1 aliphatic rings. The summed E-state index contributed by atoms with van der Waals surface area (Å²) in [5.41, 5.74) is 2.85. The third kappa shape index (κ3) is 2.77. The van der Waals surface area contributed by atoms with Gasteiger partial charge in [0.1, 0.15) is 0 Å². The molecule has 1 nitrogen and oxygen atoms in total. The van der Waals surface area contributed by atoms with Crippen molar-refractivity contribution < 1.29 is 0 Å². The second-order valence-corrected chi connectivity index (χ2v) is 5.23. The fourth-order valence-electron chi connectivity index (χ4n) is 1.78. The number of fused-ring (bicyclic) bond motifs is 1. The fraction of sp³-hybridized carbons (Fsp3) is 0.333. The molecule has 3 heteroatoms. The summed E-state index contributed by atoms with van der Waals surface area (Å²) in [6, 6.07) is 9.01. The minimum absolute atomic E-state index is 0.412. The SMILES string of the molecule is C=C(Cl)CNC1CSCc2ccccc21. The maximum atomic E-state index is 5.76. The third-order valence-electron chi connectivity index (χ3n) is 2.51. The van der Waals surface area contributed by atoms with Gasteiger partial charge in [-0.1, -0.05) is 42.4 Å². The minimum atomic E-state index is 0.412. The molecule has 0 amide bonds. The summed E-state index contributed by atoms with van der Waals surface area (Å²) in [5.74, 6) is 2.23. The van der Waals surface area contributed by atoms with Gasteiger partial charge >= 0.3 is 0 Å². The van der Waals surface area contributed by atoms with Gasteiger partial charge in [0.05, 0.1) is 0 Å². The lowest BCUT2D eigenvalue weighted by atomic mass is 10.0. The molecule has 80 valence electrons. The molecule has 0 aromatic heterocycles. The van der Waals surface area contributed by atoms with Gasteiger partial charge in [0.2, 0.25) is 0 Å². The van der Waals surface area contributed by atoms with Crippen molar-refractivity contribution in [2.45, 2.75) is 11.8 Å². The normalized spacial score (nSPS) is 19.7. The van der Waals surface area contributed by atoms with E-state index in [-0.39, 0.29) is 0 Å². The summed E-state index contributed by atoms with van der Waals surface area (Å²) < 4.78 is 0. The maximum Gasteiger partial charge on any atom is 0.0417 e. The Kier molecular flexibility index (Phi) is 3.73. The van der Waals surface area contributed by atoms with E-state index in [1.165, 1.54) is 11.1 Å². The van der Waals surface area contributed by atoms with Crippen molar-refractivity contribution in [1.82, 2.24) is 5.32 Å². The van der Waals surface area contributed by atoms with Crippen molar-refractivity contribution in [2.75, 3.05) is 12.3 Å². The van der Waals surface area contributed by atoms with Crippen LogP contribution in [0.1, 0.15) is 17.2 Å². The number of halogens is 1. The summed E-state index contributed by atoms with van der Waals surface area (Å²) in [7, 11) is 0. The molecular formula is C12H14ClNS. The maximum absolute atomic E-state index is 5.76. The topological polar surface area (TPSA) is 12.0 Å². The average molecular weight is 240 g/mol. The summed E-state index contributed by atoms with van der Waals surface area (Å²) in [6.07, 6.45) is 0. The predicted molar refractivity (Wildman–Crippen MR) is 68.3 cm³/mol. The van der Waals surface area contributed by atoms with Gasteiger partial charge in [-0.25, -0.2) is 0 Å². The highest BCUT2D eigenvalue weighted by Crippen LogP contribution is 2.31. The van der Waals surface area contributed by atoms with Gasteiger partial charge < -0.3 is 5.32 Å². The lowest BCUT2D eigenvalue weighted by Crippen LogP contribution is -2.27. The zero-order chi connectivity index (χ0) is 10.7. The summed E-state index contributed by atoms with van der Waals surface area (Å²) >= 11 is 7.72. The van der Waals surface area contributed by atoms with Crippen LogP contribution in [0.5, 0.6) is 0 Å². The number of nitrogens with one attached hydrogen (secondary N) is 1. The third-order valence-corrected chi connectivity index (χ3v) is 3.73. The molecule has 15 heavy (non-hydrogen) atoms. The highest BCUT2D eigenvalue weighted by Gasteiger charge is 2.19. The molecule has 0 saturated carbocycles. The Hall–Kier alpha value is -0.440. The van der Waals surface area contributed by atoms with Crippen LogP contribution in [0.2, 0.25) is 0 Å². The van der Waals surface area contributed by atoms with E-state index in [0.717, 1.165) is 11.5 Å². The Balaban J connectivity index is 2.11. The summed E-state index contributed by atoms with van der Waals surface area (Å²) in [5, 5.41) is 4.09. The average Bonchev–Trinajstić information content (AvgIpc) is 2.26. The number of benzene rings is 1. The van der Waals surface area contributed by atoms with Crippen molar-refractivity contribution in [3.8, 4) is 0 Å². The van der Waals surface area contributed by atoms with E-state index in [1.807, 2.05) is 11.8 Å². The Bertz CT molecular complexity index is 364. The van der Waals surface area contributed by atoms with E-state index in [4.69, 9.17) is 11.6 Å². The van der Waals surface area contributed by atoms with Gasteiger partial charge in [0.25, 0.3) is 0 Å². The van der Waals surface area contributed by atoms with Crippen LogP contribution in [0.3, 0.4) is 0 Å². The van der Waals surface area contributed by atoms with E-state index in [2.05, 4.69) is 36.2 Å². The van der Waals surface area contributed by atoms with Gasteiger partial charge in [-0.3, -0.25) is 0 Å². The first kappa shape index (κ1) is 11.1. The zero-order valence-corrected chi connectivity index (χ0v) is 10.1.